The van der Waals surface area contributed by atoms with Crippen molar-refractivity contribution in [3.05, 3.63) is 59.9 Å². The molecular weight excluding hydrogens is 222 g/mol. The molecule has 90 valence electrons. The van der Waals surface area contributed by atoms with Gasteiger partial charge in [-0.2, -0.15) is 0 Å². The number of para-hydroxylation sites is 2. The number of nitrogens with two attached hydrogens (primary N) is 1. The summed E-state index contributed by atoms with van der Waals surface area (Å²) in [4.78, 5) is 4.41. The van der Waals surface area contributed by atoms with Crippen LogP contribution in [-0.2, 0) is 6.54 Å². The van der Waals surface area contributed by atoms with E-state index < -0.39 is 0 Å². The minimum atomic E-state index is 0.580. The van der Waals surface area contributed by atoms with E-state index in [9.17, 15) is 0 Å². The van der Waals surface area contributed by atoms with Gasteiger partial charge in [0.15, 0.2) is 0 Å². The van der Waals surface area contributed by atoms with Crippen molar-refractivity contribution in [1.82, 2.24) is 9.55 Å². The fraction of sp³-hybridized carbons (Fsp3) is 0.133. The van der Waals surface area contributed by atoms with Crippen LogP contribution < -0.4 is 5.73 Å². The fourth-order valence-corrected chi connectivity index (χ4v) is 2.22. The second-order valence-electron chi connectivity index (χ2n) is 4.42. The Labute approximate surface area is 106 Å². The van der Waals surface area contributed by atoms with Crippen molar-refractivity contribution in [2.24, 2.45) is 5.73 Å². The number of hydrogen-bond acceptors (Lipinski definition) is 2. The van der Waals surface area contributed by atoms with Gasteiger partial charge in [-0.05, 0) is 42.3 Å². The summed E-state index contributed by atoms with van der Waals surface area (Å²) in [5.41, 5.74) is 11.3. The standard InChI is InChI=1S/C15H15N3/c1-11-8-13(7-6-12(11)9-16)18-10-17-14-4-2-3-5-15(14)18/h2-8,10H,9,16H2,1H3. The summed E-state index contributed by atoms with van der Waals surface area (Å²) in [5.74, 6) is 0. The summed E-state index contributed by atoms with van der Waals surface area (Å²) in [6, 6.07) is 14.4. The van der Waals surface area contributed by atoms with E-state index in [1.807, 2.05) is 24.5 Å². The fourth-order valence-electron chi connectivity index (χ4n) is 2.22. The molecule has 0 aliphatic rings. The van der Waals surface area contributed by atoms with Crippen LogP contribution in [0.4, 0.5) is 0 Å². The number of imidazole rings is 1. The highest BCUT2D eigenvalue weighted by Gasteiger charge is 2.05. The minimum absolute atomic E-state index is 0.580. The molecule has 0 fully saturated rings. The molecule has 0 amide bonds. The van der Waals surface area contributed by atoms with E-state index in [0.717, 1.165) is 16.7 Å². The zero-order valence-electron chi connectivity index (χ0n) is 10.3. The molecule has 2 N–H and O–H groups in total. The molecule has 0 aliphatic carbocycles. The molecule has 0 radical (unpaired) electrons. The van der Waals surface area contributed by atoms with Crippen LogP contribution in [0.25, 0.3) is 16.7 Å². The monoisotopic (exact) mass is 237 g/mol. The Morgan fingerprint density at radius 3 is 2.78 bits per heavy atom. The molecule has 1 aromatic heterocycles. The number of fused-ring (bicyclic) bond motifs is 1. The van der Waals surface area contributed by atoms with Gasteiger partial charge in [0.1, 0.15) is 6.33 Å². The van der Waals surface area contributed by atoms with Crippen molar-refractivity contribution in [3.8, 4) is 5.69 Å². The van der Waals surface area contributed by atoms with E-state index in [-0.39, 0.29) is 0 Å². The van der Waals surface area contributed by atoms with Gasteiger partial charge in [0.2, 0.25) is 0 Å². The third-order valence-corrected chi connectivity index (χ3v) is 3.28. The van der Waals surface area contributed by atoms with Gasteiger partial charge in [0.25, 0.3) is 0 Å². The van der Waals surface area contributed by atoms with Crippen LogP contribution >= 0.6 is 0 Å². The van der Waals surface area contributed by atoms with Gasteiger partial charge in [0.05, 0.1) is 11.0 Å². The molecule has 0 atom stereocenters. The molecule has 0 bridgehead atoms. The number of benzene rings is 2. The Hall–Kier alpha value is -2.13. The average molecular weight is 237 g/mol. The Bertz CT molecular complexity index is 698. The Morgan fingerprint density at radius 2 is 2.00 bits per heavy atom. The zero-order chi connectivity index (χ0) is 12.5. The maximum absolute atomic E-state index is 5.69. The van der Waals surface area contributed by atoms with Crippen molar-refractivity contribution < 1.29 is 0 Å². The van der Waals surface area contributed by atoms with E-state index >= 15 is 0 Å². The molecule has 3 heteroatoms. The van der Waals surface area contributed by atoms with Crippen molar-refractivity contribution in [3.63, 3.8) is 0 Å². The maximum Gasteiger partial charge on any atom is 0.100 e. The van der Waals surface area contributed by atoms with Gasteiger partial charge >= 0.3 is 0 Å². The smallest absolute Gasteiger partial charge is 0.100 e. The lowest BCUT2D eigenvalue weighted by molar-refractivity contribution is 1.03. The molecule has 2 aromatic carbocycles. The molecule has 1 heterocycles. The average Bonchev–Trinajstić information content (AvgIpc) is 2.82. The molecule has 0 aliphatic heterocycles. The van der Waals surface area contributed by atoms with Crippen molar-refractivity contribution in [1.29, 1.82) is 0 Å². The Morgan fingerprint density at radius 1 is 1.17 bits per heavy atom. The molecule has 0 unspecified atom stereocenters. The molecular formula is C15H15N3. The predicted molar refractivity (Wildman–Crippen MR) is 73.7 cm³/mol. The van der Waals surface area contributed by atoms with Crippen LogP contribution in [0.3, 0.4) is 0 Å². The number of aryl methyl sites for hydroxylation is 1. The second-order valence-corrected chi connectivity index (χ2v) is 4.42. The largest absolute Gasteiger partial charge is 0.326 e. The molecule has 3 aromatic rings. The molecule has 0 saturated heterocycles. The number of rotatable bonds is 2. The number of aromatic nitrogens is 2. The highest BCUT2D eigenvalue weighted by Crippen LogP contribution is 2.20. The van der Waals surface area contributed by atoms with Crippen molar-refractivity contribution in [2.45, 2.75) is 13.5 Å². The van der Waals surface area contributed by atoms with Crippen LogP contribution in [0.5, 0.6) is 0 Å². The molecule has 18 heavy (non-hydrogen) atoms. The van der Waals surface area contributed by atoms with Crippen molar-refractivity contribution >= 4 is 11.0 Å². The highest BCUT2D eigenvalue weighted by atomic mass is 15.0. The Balaban J connectivity index is 2.17. The summed E-state index contributed by atoms with van der Waals surface area (Å²) in [7, 11) is 0. The number of hydrogen-bond donors (Lipinski definition) is 1. The van der Waals surface area contributed by atoms with E-state index in [4.69, 9.17) is 5.73 Å². The quantitative estimate of drug-likeness (QED) is 0.744. The first-order valence-corrected chi connectivity index (χ1v) is 6.01. The van der Waals surface area contributed by atoms with Crippen LogP contribution in [-0.4, -0.2) is 9.55 Å². The minimum Gasteiger partial charge on any atom is -0.326 e. The molecule has 3 rings (SSSR count). The first kappa shape index (κ1) is 11.0. The van der Waals surface area contributed by atoms with Gasteiger partial charge in [-0.25, -0.2) is 4.98 Å². The predicted octanol–water partition coefficient (Wildman–Crippen LogP) is 2.79. The third kappa shape index (κ3) is 1.69. The first-order valence-electron chi connectivity index (χ1n) is 6.01. The van der Waals surface area contributed by atoms with Gasteiger partial charge < -0.3 is 5.73 Å². The van der Waals surface area contributed by atoms with Crippen LogP contribution in [0.1, 0.15) is 11.1 Å². The topological polar surface area (TPSA) is 43.8 Å². The van der Waals surface area contributed by atoms with Gasteiger partial charge in [-0.15, -0.1) is 0 Å². The normalized spacial score (nSPS) is 11.0. The summed E-state index contributed by atoms with van der Waals surface area (Å²) >= 11 is 0. The molecule has 0 saturated carbocycles. The lowest BCUT2D eigenvalue weighted by atomic mass is 10.1. The summed E-state index contributed by atoms with van der Waals surface area (Å²) in [6.07, 6.45) is 1.86. The van der Waals surface area contributed by atoms with Gasteiger partial charge in [0, 0.05) is 12.2 Å². The summed E-state index contributed by atoms with van der Waals surface area (Å²) in [5, 5.41) is 0. The van der Waals surface area contributed by atoms with Gasteiger partial charge in [-0.3, -0.25) is 4.57 Å². The lowest BCUT2D eigenvalue weighted by Gasteiger charge is -2.08. The Kier molecular flexibility index (Phi) is 2.61. The van der Waals surface area contributed by atoms with E-state index in [2.05, 4.69) is 40.7 Å². The van der Waals surface area contributed by atoms with Crippen LogP contribution in [0, 0.1) is 6.92 Å². The first-order chi connectivity index (χ1) is 8.79. The second kappa shape index (κ2) is 4.27. The van der Waals surface area contributed by atoms with E-state index in [1.165, 1.54) is 11.1 Å². The van der Waals surface area contributed by atoms with Crippen molar-refractivity contribution in [2.75, 3.05) is 0 Å². The van der Waals surface area contributed by atoms with Crippen LogP contribution in [0.15, 0.2) is 48.8 Å². The SMILES string of the molecule is Cc1cc(-n2cnc3ccccc32)ccc1CN. The highest BCUT2D eigenvalue weighted by molar-refractivity contribution is 5.77. The zero-order valence-corrected chi connectivity index (χ0v) is 10.3. The molecule has 0 spiro atoms. The van der Waals surface area contributed by atoms with E-state index in [1.54, 1.807) is 0 Å². The number of nitrogens with zero attached hydrogens (tertiary/aromatic N) is 2. The molecule has 3 nitrogen and oxygen atoms in total. The maximum atomic E-state index is 5.69. The van der Waals surface area contributed by atoms with Crippen LogP contribution in [0.2, 0.25) is 0 Å². The van der Waals surface area contributed by atoms with E-state index in [0.29, 0.717) is 6.54 Å². The lowest BCUT2D eigenvalue weighted by Crippen LogP contribution is -2.00. The third-order valence-electron chi connectivity index (χ3n) is 3.28. The summed E-state index contributed by atoms with van der Waals surface area (Å²) in [6.45, 7) is 2.67. The summed E-state index contributed by atoms with van der Waals surface area (Å²) < 4.78 is 2.10. The van der Waals surface area contributed by atoms with Gasteiger partial charge in [-0.1, -0.05) is 18.2 Å².